The SMILES string of the molecule is O=C1CSc2cc(C(F)(F)F)ccc2N1Cc1ccccc1. The van der Waals surface area contributed by atoms with Crippen molar-refractivity contribution in [3.63, 3.8) is 0 Å². The third kappa shape index (κ3) is 2.97. The third-order valence-corrected chi connectivity index (χ3v) is 4.44. The molecule has 0 aliphatic carbocycles. The number of rotatable bonds is 2. The van der Waals surface area contributed by atoms with Crippen LogP contribution in [-0.2, 0) is 17.5 Å². The van der Waals surface area contributed by atoms with Gasteiger partial charge in [-0.05, 0) is 23.8 Å². The van der Waals surface area contributed by atoms with Crippen molar-refractivity contribution >= 4 is 23.4 Å². The Morgan fingerprint density at radius 2 is 1.82 bits per heavy atom. The molecule has 6 heteroatoms. The lowest BCUT2D eigenvalue weighted by atomic mass is 10.1. The standard InChI is InChI=1S/C16H12F3NOS/c17-16(18,19)12-6-7-13-14(8-12)22-10-15(21)20(13)9-11-4-2-1-3-5-11/h1-8H,9-10H2. The molecule has 2 nitrogen and oxygen atoms in total. The largest absolute Gasteiger partial charge is 0.416 e. The van der Waals surface area contributed by atoms with Crippen LogP contribution < -0.4 is 4.90 Å². The lowest BCUT2D eigenvalue weighted by molar-refractivity contribution is -0.137. The molecular weight excluding hydrogens is 311 g/mol. The van der Waals surface area contributed by atoms with Gasteiger partial charge in [0, 0.05) is 4.90 Å². The summed E-state index contributed by atoms with van der Waals surface area (Å²) < 4.78 is 38.4. The first-order valence-corrected chi connectivity index (χ1v) is 7.62. The zero-order valence-corrected chi connectivity index (χ0v) is 12.2. The molecule has 1 amide bonds. The molecule has 0 fully saturated rings. The molecular formula is C16H12F3NOS. The Morgan fingerprint density at radius 3 is 2.50 bits per heavy atom. The van der Waals surface area contributed by atoms with Crippen LogP contribution in [0.4, 0.5) is 18.9 Å². The highest BCUT2D eigenvalue weighted by molar-refractivity contribution is 8.00. The van der Waals surface area contributed by atoms with Crippen LogP contribution >= 0.6 is 11.8 Å². The third-order valence-electron chi connectivity index (χ3n) is 3.41. The maximum Gasteiger partial charge on any atom is 0.416 e. The van der Waals surface area contributed by atoms with Gasteiger partial charge < -0.3 is 4.90 Å². The number of amides is 1. The van der Waals surface area contributed by atoms with Gasteiger partial charge in [0.2, 0.25) is 5.91 Å². The number of halogens is 3. The Balaban J connectivity index is 1.95. The van der Waals surface area contributed by atoms with Gasteiger partial charge in [-0.15, -0.1) is 11.8 Å². The predicted octanol–water partition coefficient (Wildman–Crippen LogP) is 4.34. The van der Waals surface area contributed by atoms with Gasteiger partial charge in [0.05, 0.1) is 23.5 Å². The predicted molar refractivity (Wildman–Crippen MR) is 79.8 cm³/mol. The van der Waals surface area contributed by atoms with Crippen molar-refractivity contribution in [1.82, 2.24) is 0 Å². The van der Waals surface area contributed by atoms with E-state index in [1.807, 2.05) is 30.3 Å². The van der Waals surface area contributed by atoms with Gasteiger partial charge in [0.15, 0.2) is 0 Å². The van der Waals surface area contributed by atoms with Gasteiger partial charge in [-0.2, -0.15) is 13.2 Å². The minimum Gasteiger partial charge on any atom is -0.306 e. The van der Waals surface area contributed by atoms with Crippen molar-refractivity contribution in [2.24, 2.45) is 0 Å². The number of anilines is 1. The maximum absolute atomic E-state index is 12.8. The number of hydrogen-bond acceptors (Lipinski definition) is 2. The normalized spacial score (nSPS) is 14.9. The first-order chi connectivity index (χ1) is 10.4. The number of hydrogen-bond donors (Lipinski definition) is 0. The second-order valence-corrected chi connectivity index (χ2v) is 5.95. The first kappa shape index (κ1) is 15.0. The van der Waals surface area contributed by atoms with E-state index in [0.29, 0.717) is 17.1 Å². The van der Waals surface area contributed by atoms with Gasteiger partial charge in [-0.1, -0.05) is 30.3 Å². The Labute approximate surface area is 129 Å². The fraction of sp³-hybridized carbons (Fsp3) is 0.188. The van der Waals surface area contributed by atoms with Crippen LogP contribution in [0.15, 0.2) is 53.4 Å². The summed E-state index contributed by atoms with van der Waals surface area (Å²) in [5, 5.41) is 0. The Kier molecular flexibility index (Phi) is 3.87. The summed E-state index contributed by atoms with van der Waals surface area (Å²) in [4.78, 5) is 14.2. The molecule has 22 heavy (non-hydrogen) atoms. The van der Waals surface area contributed by atoms with E-state index in [0.717, 1.165) is 29.5 Å². The van der Waals surface area contributed by atoms with Gasteiger partial charge in [0.25, 0.3) is 0 Å². The Bertz CT molecular complexity index is 700. The van der Waals surface area contributed by atoms with E-state index < -0.39 is 11.7 Å². The van der Waals surface area contributed by atoms with Gasteiger partial charge in [-0.25, -0.2) is 0 Å². The second-order valence-electron chi connectivity index (χ2n) is 4.93. The molecule has 0 atom stereocenters. The van der Waals surface area contributed by atoms with Crippen molar-refractivity contribution in [3.05, 3.63) is 59.7 Å². The highest BCUT2D eigenvalue weighted by Crippen LogP contribution is 2.40. The van der Waals surface area contributed by atoms with Crippen molar-refractivity contribution in [3.8, 4) is 0 Å². The number of carbonyl (C=O) groups is 1. The van der Waals surface area contributed by atoms with Crippen molar-refractivity contribution in [2.45, 2.75) is 17.6 Å². The molecule has 2 aromatic carbocycles. The van der Waals surface area contributed by atoms with E-state index in [2.05, 4.69) is 0 Å². The summed E-state index contributed by atoms with van der Waals surface area (Å²) in [5.41, 5.74) is 0.791. The maximum atomic E-state index is 12.8. The molecule has 0 unspecified atom stereocenters. The molecule has 1 aliphatic heterocycles. The van der Waals surface area contributed by atoms with Crippen LogP contribution in [0.25, 0.3) is 0 Å². The quantitative estimate of drug-likeness (QED) is 0.819. The number of nitrogens with zero attached hydrogens (tertiary/aromatic N) is 1. The first-order valence-electron chi connectivity index (χ1n) is 6.63. The van der Waals surface area contributed by atoms with Crippen LogP contribution in [-0.4, -0.2) is 11.7 Å². The topological polar surface area (TPSA) is 20.3 Å². The van der Waals surface area contributed by atoms with Crippen molar-refractivity contribution in [1.29, 1.82) is 0 Å². The van der Waals surface area contributed by atoms with Crippen molar-refractivity contribution < 1.29 is 18.0 Å². The average Bonchev–Trinajstić information content (AvgIpc) is 2.50. The molecule has 1 heterocycles. The minimum absolute atomic E-state index is 0.0962. The zero-order valence-electron chi connectivity index (χ0n) is 11.4. The number of thioether (sulfide) groups is 1. The molecule has 0 N–H and O–H groups in total. The van der Waals surface area contributed by atoms with Gasteiger partial charge >= 0.3 is 6.18 Å². The summed E-state index contributed by atoms with van der Waals surface area (Å²) >= 11 is 1.15. The zero-order chi connectivity index (χ0) is 15.7. The van der Waals surface area contributed by atoms with E-state index in [-0.39, 0.29) is 11.7 Å². The Morgan fingerprint density at radius 1 is 1.09 bits per heavy atom. The van der Waals surface area contributed by atoms with E-state index in [9.17, 15) is 18.0 Å². The monoisotopic (exact) mass is 323 g/mol. The molecule has 0 radical (unpaired) electrons. The summed E-state index contributed by atoms with van der Waals surface area (Å²) in [5.74, 6) is 0.0577. The highest BCUT2D eigenvalue weighted by atomic mass is 32.2. The fourth-order valence-corrected chi connectivity index (χ4v) is 3.29. The van der Waals surface area contributed by atoms with Crippen LogP contribution in [0.2, 0.25) is 0 Å². The van der Waals surface area contributed by atoms with Gasteiger partial charge in [0.1, 0.15) is 0 Å². The molecule has 2 aromatic rings. The molecule has 114 valence electrons. The minimum atomic E-state index is -4.37. The molecule has 1 aliphatic rings. The fourth-order valence-electron chi connectivity index (χ4n) is 2.32. The van der Waals surface area contributed by atoms with Crippen LogP contribution in [0.1, 0.15) is 11.1 Å². The van der Waals surface area contributed by atoms with E-state index in [4.69, 9.17) is 0 Å². The summed E-state index contributed by atoms with van der Waals surface area (Å²) in [6.07, 6.45) is -4.37. The van der Waals surface area contributed by atoms with E-state index >= 15 is 0 Å². The molecule has 0 aromatic heterocycles. The number of carbonyl (C=O) groups excluding carboxylic acids is 1. The summed E-state index contributed by atoms with van der Waals surface area (Å²) in [7, 11) is 0. The molecule has 0 saturated heterocycles. The summed E-state index contributed by atoms with van der Waals surface area (Å²) in [6, 6.07) is 12.9. The molecule has 3 rings (SSSR count). The Hall–Kier alpha value is -1.95. The lowest BCUT2D eigenvalue weighted by Gasteiger charge is -2.29. The average molecular weight is 323 g/mol. The lowest BCUT2D eigenvalue weighted by Crippen LogP contribution is -2.34. The van der Waals surface area contributed by atoms with E-state index in [1.54, 1.807) is 4.90 Å². The van der Waals surface area contributed by atoms with Crippen LogP contribution in [0.5, 0.6) is 0 Å². The van der Waals surface area contributed by atoms with Crippen LogP contribution in [0, 0.1) is 0 Å². The molecule has 0 saturated carbocycles. The molecule has 0 bridgehead atoms. The summed E-state index contributed by atoms with van der Waals surface area (Å²) in [6.45, 7) is 0.360. The van der Waals surface area contributed by atoms with Crippen LogP contribution in [0.3, 0.4) is 0 Å². The second kappa shape index (κ2) is 5.68. The smallest absolute Gasteiger partial charge is 0.306 e. The van der Waals surface area contributed by atoms with E-state index in [1.165, 1.54) is 6.07 Å². The molecule has 0 spiro atoms. The number of benzene rings is 2. The highest BCUT2D eigenvalue weighted by Gasteiger charge is 2.33. The van der Waals surface area contributed by atoms with Gasteiger partial charge in [-0.3, -0.25) is 4.79 Å². The number of fused-ring (bicyclic) bond motifs is 1. The number of alkyl halides is 3. The van der Waals surface area contributed by atoms with Crippen molar-refractivity contribution in [2.75, 3.05) is 10.7 Å².